The lowest BCUT2D eigenvalue weighted by atomic mass is 10.2. The molecule has 0 unspecified atom stereocenters. The maximum absolute atomic E-state index is 8.78. The van der Waals surface area contributed by atoms with Crippen molar-refractivity contribution in [2.45, 2.75) is 12.2 Å². The average Bonchev–Trinajstić information content (AvgIpc) is 2.06. The van der Waals surface area contributed by atoms with Crippen molar-refractivity contribution in [1.82, 2.24) is 0 Å². The van der Waals surface area contributed by atoms with Crippen LogP contribution in [0.3, 0.4) is 0 Å². The zero-order valence-electron chi connectivity index (χ0n) is 6.59. The van der Waals surface area contributed by atoms with Crippen LogP contribution in [-0.2, 0) is 6.42 Å². The third-order valence-electron chi connectivity index (χ3n) is 1.58. The molecule has 0 fully saturated rings. The molecule has 66 valence electrons. The Kier molecular flexibility index (Phi) is 3.63. The molecule has 0 amide bonds. The van der Waals surface area contributed by atoms with Gasteiger partial charge in [-0.2, -0.15) is 0 Å². The van der Waals surface area contributed by atoms with Gasteiger partial charge in [0.2, 0.25) is 0 Å². The molecule has 0 aliphatic carbocycles. The summed E-state index contributed by atoms with van der Waals surface area (Å²) in [5.41, 5.74) is 6.51. The molecule has 4 N–H and O–H groups in total. The second kappa shape index (κ2) is 4.53. The molecule has 0 spiro atoms. The van der Waals surface area contributed by atoms with E-state index < -0.39 is 14.2 Å². The summed E-state index contributed by atoms with van der Waals surface area (Å²) >= 11 is 0. The third kappa shape index (κ3) is 2.88. The Morgan fingerprint density at radius 2 is 1.83 bits per heavy atom. The fourth-order valence-corrected chi connectivity index (χ4v) is 1.31. The van der Waals surface area contributed by atoms with Crippen molar-refractivity contribution in [2.24, 2.45) is 5.73 Å². The van der Waals surface area contributed by atoms with E-state index in [0.717, 1.165) is 5.56 Å². The van der Waals surface area contributed by atoms with Crippen LogP contribution in [0.5, 0.6) is 0 Å². The monoisotopic (exact) mass is 185 g/mol. The molecule has 0 heterocycles. The van der Waals surface area contributed by atoms with Gasteiger partial charge in [0.05, 0.1) is 5.78 Å². The van der Waals surface area contributed by atoms with E-state index in [1.807, 2.05) is 30.3 Å². The molecule has 0 saturated heterocycles. The first-order chi connectivity index (χ1) is 5.70. The van der Waals surface area contributed by atoms with Crippen molar-refractivity contribution >= 4 is 8.38 Å². The largest absolute Gasteiger partial charge is 0.349 e. The van der Waals surface area contributed by atoms with E-state index in [1.54, 1.807) is 0 Å². The summed E-state index contributed by atoms with van der Waals surface area (Å²) in [7, 11) is -2.01. The summed E-state index contributed by atoms with van der Waals surface area (Å²) in [6.07, 6.45) is 0.513. The van der Waals surface area contributed by atoms with Crippen LogP contribution in [-0.4, -0.2) is 15.6 Å². The first kappa shape index (κ1) is 9.62. The second-order valence-corrected chi connectivity index (χ2v) is 3.88. The lowest BCUT2D eigenvalue weighted by molar-refractivity contribution is 0.464. The van der Waals surface area contributed by atoms with Crippen LogP contribution in [0.15, 0.2) is 30.3 Å². The van der Waals surface area contributed by atoms with Crippen molar-refractivity contribution < 1.29 is 9.79 Å². The number of nitrogens with two attached hydrogens (primary N) is 1. The molecule has 1 rings (SSSR count). The third-order valence-corrected chi connectivity index (χ3v) is 2.36. The molecule has 1 aromatic rings. The standard InChI is InChI=1S/C8H12NO2P/c9-8(12(10)11)6-7-4-2-1-3-5-7/h1-5,8,10-11H,6,9H2/t8-/m1/s1. The maximum Gasteiger partial charge on any atom is 0.183 e. The Labute approximate surface area is 72.8 Å². The van der Waals surface area contributed by atoms with E-state index in [2.05, 4.69) is 0 Å². The van der Waals surface area contributed by atoms with Crippen LogP contribution < -0.4 is 5.73 Å². The summed E-state index contributed by atoms with van der Waals surface area (Å²) in [4.78, 5) is 17.6. The minimum atomic E-state index is -2.01. The lowest BCUT2D eigenvalue weighted by Crippen LogP contribution is -2.20. The van der Waals surface area contributed by atoms with Gasteiger partial charge in [-0.1, -0.05) is 30.3 Å². The number of hydrogen-bond donors (Lipinski definition) is 3. The fourth-order valence-electron chi connectivity index (χ4n) is 0.937. The summed E-state index contributed by atoms with van der Waals surface area (Å²) in [6, 6.07) is 9.55. The summed E-state index contributed by atoms with van der Waals surface area (Å²) in [6.45, 7) is 0. The zero-order chi connectivity index (χ0) is 8.97. The fraction of sp³-hybridized carbons (Fsp3) is 0.250. The molecular weight excluding hydrogens is 173 g/mol. The summed E-state index contributed by atoms with van der Waals surface area (Å²) < 4.78 is 0. The Morgan fingerprint density at radius 3 is 2.33 bits per heavy atom. The van der Waals surface area contributed by atoms with Gasteiger partial charge in [0, 0.05) is 0 Å². The molecule has 12 heavy (non-hydrogen) atoms. The highest BCUT2D eigenvalue weighted by molar-refractivity contribution is 7.45. The van der Waals surface area contributed by atoms with Crippen molar-refractivity contribution in [2.75, 3.05) is 0 Å². The first-order valence-corrected chi connectivity index (χ1v) is 4.98. The zero-order valence-corrected chi connectivity index (χ0v) is 7.48. The lowest BCUT2D eigenvalue weighted by Gasteiger charge is -2.11. The molecular formula is C8H12NO2P. The van der Waals surface area contributed by atoms with E-state index in [-0.39, 0.29) is 0 Å². The highest BCUT2D eigenvalue weighted by atomic mass is 31.2. The van der Waals surface area contributed by atoms with E-state index in [1.165, 1.54) is 0 Å². The van der Waals surface area contributed by atoms with Gasteiger partial charge in [0.25, 0.3) is 0 Å². The SMILES string of the molecule is N[C@@H](Cc1ccccc1)P(O)O. The van der Waals surface area contributed by atoms with Gasteiger partial charge in [-0.3, -0.25) is 0 Å². The molecule has 1 atom stereocenters. The Hall–Kier alpha value is -0.470. The minimum Gasteiger partial charge on any atom is -0.349 e. The molecule has 3 nitrogen and oxygen atoms in total. The summed E-state index contributed by atoms with van der Waals surface area (Å²) in [5.74, 6) is -0.539. The van der Waals surface area contributed by atoms with Crippen molar-refractivity contribution in [3.8, 4) is 0 Å². The van der Waals surface area contributed by atoms with Gasteiger partial charge >= 0.3 is 0 Å². The first-order valence-electron chi connectivity index (χ1n) is 3.66. The van der Waals surface area contributed by atoms with Gasteiger partial charge in [-0.15, -0.1) is 0 Å². The van der Waals surface area contributed by atoms with Crippen LogP contribution in [0.25, 0.3) is 0 Å². The molecule has 0 bridgehead atoms. The van der Waals surface area contributed by atoms with Crippen LogP contribution >= 0.6 is 8.38 Å². The predicted octanol–water partition coefficient (Wildman–Crippen LogP) is 0.810. The van der Waals surface area contributed by atoms with Crippen LogP contribution in [0.4, 0.5) is 0 Å². The molecule has 0 radical (unpaired) electrons. The Bertz CT molecular complexity index is 228. The van der Waals surface area contributed by atoms with E-state index in [9.17, 15) is 0 Å². The minimum absolute atomic E-state index is 0.513. The Morgan fingerprint density at radius 1 is 1.25 bits per heavy atom. The van der Waals surface area contributed by atoms with E-state index in [0.29, 0.717) is 6.42 Å². The topological polar surface area (TPSA) is 66.5 Å². The quantitative estimate of drug-likeness (QED) is 0.610. The number of rotatable bonds is 3. The van der Waals surface area contributed by atoms with Crippen LogP contribution in [0, 0.1) is 0 Å². The van der Waals surface area contributed by atoms with Gasteiger partial charge in [-0.25, -0.2) is 0 Å². The van der Waals surface area contributed by atoms with Crippen LogP contribution in [0.2, 0.25) is 0 Å². The van der Waals surface area contributed by atoms with Crippen molar-refractivity contribution in [3.63, 3.8) is 0 Å². The highest BCUT2D eigenvalue weighted by Crippen LogP contribution is 2.29. The summed E-state index contributed by atoms with van der Waals surface area (Å²) in [5, 5.41) is 0. The molecule has 0 aliphatic rings. The highest BCUT2D eigenvalue weighted by Gasteiger charge is 2.11. The number of hydrogen-bond acceptors (Lipinski definition) is 3. The molecule has 4 heteroatoms. The molecule has 0 saturated carbocycles. The van der Waals surface area contributed by atoms with Crippen LogP contribution in [0.1, 0.15) is 5.56 Å². The second-order valence-electron chi connectivity index (χ2n) is 2.58. The smallest absolute Gasteiger partial charge is 0.183 e. The van der Waals surface area contributed by atoms with Gasteiger partial charge < -0.3 is 15.5 Å². The number of benzene rings is 1. The van der Waals surface area contributed by atoms with Gasteiger partial charge in [-0.05, 0) is 12.0 Å². The normalized spacial score (nSPS) is 13.3. The molecule has 0 aliphatic heterocycles. The van der Waals surface area contributed by atoms with Gasteiger partial charge in [0.1, 0.15) is 0 Å². The van der Waals surface area contributed by atoms with Crippen molar-refractivity contribution in [3.05, 3.63) is 35.9 Å². The average molecular weight is 185 g/mol. The van der Waals surface area contributed by atoms with E-state index >= 15 is 0 Å². The van der Waals surface area contributed by atoms with Gasteiger partial charge in [0.15, 0.2) is 8.38 Å². The molecule has 0 aromatic heterocycles. The maximum atomic E-state index is 8.78. The predicted molar refractivity (Wildman–Crippen MR) is 49.5 cm³/mol. The Balaban J connectivity index is 2.53. The molecule has 1 aromatic carbocycles. The van der Waals surface area contributed by atoms with E-state index in [4.69, 9.17) is 15.5 Å². The van der Waals surface area contributed by atoms with Crippen molar-refractivity contribution in [1.29, 1.82) is 0 Å².